The third-order valence-corrected chi connectivity index (χ3v) is 6.33. The highest BCUT2D eigenvalue weighted by atomic mass is 32.2. The zero-order chi connectivity index (χ0) is 19.9. The molecule has 8 nitrogen and oxygen atoms in total. The van der Waals surface area contributed by atoms with E-state index in [0.29, 0.717) is 24.0 Å². The second-order valence-electron chi connectivity index (χ2n) is 6.62. The first-order valence-corrected chi connectivity index (χ1v) is 10.6. The third kappa shape index (κ3) is 5.82. The molecule has 0 spiro atoms. The second kappa shape index (κ2) is 9.91. The van der Waals surface area contributed by atoms with Gasteiger partial charge in [0.1, 0.15) is 0 Å². The number of hydrogen-bond donors (Lipinski definition) is 3. The summed E-state index contributed by atoms with van der Waals surface area (Å²) in [6.45, 7) is 0.569. The number of ether oxygens (including phenoxy) is 2. The number of benzene rings is 1. The van der Waals surface area contributed by atoms with E-state index >= 15 is 0 Å². The minimum Gasteiger partial charge on any atom is -0.493 e. The van der Waals surface area contributed by atoms with Crippen molar-refractivity contribution in [2.45, 2.75) is 43.0 Å². The highest BCUT2D eigenvalue weighted by molar-refractivity contribution is 7.89. The van der Waals surface area contributed by atoms with Crippen molar-refractivity contribution in [3.63, 3.8) is 0 Å². The van der Waals surface area contributed by atoms with Gasteiger partial charge in [-0.05, 0) is 37.4 Å². The first kappa shape index (κ1) is 21.5. The molecule has 9 heteroatoms. The van der Waals surface area contributed by atoms with Crippen molar-refractivity contribution >= 4 is 15.9 Å². The Balaban J connectivity index is 1.89. The van der Waals surface area contributed by atoms with Crippen molar-refractivity contribution < 1.29 is 22.7 Å². The van der Waals surface area contributed by atoms with E-state index in [4.69, 9.17) is 15.2 Å². The Kier molecular flexibility index (Phi) is 7.88. The smallest absolute Gasteiger partial charge is 0.240 e. The molecule has 1 fully saturated rings. The molecule has 152 valence electrons. The Morgan fingerprint density at radius 2 is 1.89 bits per heavy atom. The summed E-state index contributed by atoms with van der Waals surface area (Å²) in [5.41, 5.74) is 5.77. The molecule has 2 atom stereocenters. The highest BCUT2D eigenvalue weighted by Gasteiger charge is 2.25. The molecule has 0 radical (unpaired) electrons. The van der Waals surface area contributed by atoms with Gasteiger partial charge in [0.15, 0.2) is 11.5 Å². The van der Waals surface area contributed by atoms with E-state index in [1.165, 1.54) is 32.4 Å². The Morgan fingerprint density at radius 3 is 2.56 bits per heavy atom. The van der Waals surface area contributed by atoms with Crippen LogP contribution in [0.3, 0.4) is 0 Å². The van der Waals surface area contributed by atoms with Crippen LogP contribution in [0.15, 0.2) is 23.1 Å². The largest absolute Gasteiger partial charge is 0.493 e. The van der Waals surface area contributed by atoms with Crippen LogP contribution in [-0.4, -0.2) is 47.7 Å². The van der Waals surface area contributed by atoms with Gasteiger partial charge in [0, 0.05) is 25.1 Å². The van der Waals surface area contributed by atoms with Gasteiger partial charge >= 0.3 is 0 Å². The van der Waals surface area contributed by atoms with Crippen molar-refractivity contribution in [3.8, 4) is 11.5 Å². The summed E-state index contributed by atoms with van der Waals surface area (Å²) in [6, 6.07) is 4.42. The predicted octanol–water partition coefficient (Wildman–Crippen LogP) is 1.01. The molecule has 1 aliphatic carbocycles. The van der Waals surface area contributed by atoms with E-state index in [9.17, 15) is 13.2 Å². The van der Waals surface area contributed by atoms with Crippen LogP contribution in [0.2, 0.25) is 0 Å². The molecule has 1 amide bonds. The van der Waals surface area contributed by atoms with Crippen LogP contribution in [0.25, 0.3) is 0 Å². The number of methoxy groups -OCH3 is 2. The van der Waals surface area contributed by atoms with Gasteiger partial charge in [0.2, 0.25) is 15.9 Å². The van der Waals surface area contributed by atoms with Gasteiger partial charge in [-0.2, -0.15) is 0 Å². The number of nitrogens with one attached hydrogen (secondary N) is 2. The average molecular weight is 400 g/mol. The summed E-state index contributed by atoms with van der Waals surface area (Å²) < 4.78 is 37.5. The molecule has 0 aromatic heterocycles. The van der Waals surface area contributed by atoms with Gasteiger partial charge < -0.3 is 20.5 Å². The van der Waals surface area contributed by atoms with E-state index in [1.807, 2.05) is 0 Å². The van der Waals surface area contributed by atoms with Crippen LogP contribution in [0.5, 0.6) is 11.5 Å². The summed E-state index contributed by atoms with van der Waals surface area (Å²) in [6.07, 6.45) is 4.23. The minimum absolute atomic E-state index is 0.0164. The van der Waals surface area contributed by atoms with Gasteiger partial charge in [-0.15, -0.1) is 0 Å². The molecular formula is C18H29N3O5S. The summed E-state index contributed by atoms with van der Waals surface area (Å²) in [4.78, 5) is 12.2. The molecule has 1 aromatic rings. The number of amides is 1. The fraction of sp³-hybridized carbons (Fsp3) is 0.611. The van der Waals surface area contributed by atoms with Crippen LogP contribution in [0.4, 0.5) is 0 Å². The summed E-state index contributed by atoms with van der Waals surface area (Å²) in [5.74, 6) is 0.891. The zero-order valence-corrected chi connectivity index (χ0v) is 16.7. The molecule has 1 aromatic carbocycles. The molecular weight excluding hydrogens is 370 g/mol. The number of sulfonamides is 1. The Labute approximate surface area is 160 Å². The van der Waals surface area contributed by atoms with Crippen LogP contribution in [0, 0.1) is 5.92 Å². The summed E-state index contributed by atoms with van der Waals surface area (Å²) >= 11 is 0. The molecule has 4 N–H and O–H groups in total. The highest BCUT2D eigenvalue weighted by Crippen LogP contribution is 2.29. The number of nitrogens with two attached hydrogens (primary N) is 1. The van der Waals surface area contributed by atoms with E-state index in [-0.39, 0.29) is 29.8 Å². The maximum atomic E-state index is 12.4. The molecule has 1 saturated carbocycles. The van der Waals surface area contributed by atoms with Crippen LogP contribution in [-0.2, 0) is 14.8 Å². The minimum atomic E-state index is -3.75. The third-order valence-electron chi connectivity index (χ3n) is 4.87. The van der Waals surface area contributed by atoms with Crippen molar-refractivity contribution in [1.82, 2.24) is 10.0 Å². The summed E-state index contributed by atoms with van der Waals surface area (Å²) in [5, 5.41) is 2.99. The SMILES string of the molecule is COc1ccc(S(=O)(=O)NCCC(=O)NC2CCCCC2CN)cc1OC. The molecule has 27 heavy (non-hydrogen) atoms. The molecule has 1 aliphatic rings. The van der Waals surface area contributed by atoms with E-state index in [0.717, 1.165) is 25.7 Å². The second-order valence-corrected chi connectivity index (χ2v) is 8.39. The Morgan fingerprint density at radius 1 is 1.19 bits per heavy atom. The lowest BCUT2D eigenvalue weighted by Gasteiger charge is -2.31. The lowest BCUT2D eigenvalue weighted by atomic mass is 9.84. The average Bonchev–Trinajstić information content (AvgIpc) is 2.67. The predicted molar refractivity (Wildman–Crippen MR) is 102 cm³/mol. The standard InChI is InChI=1S/C18H29N3O5S/c1-25-16-8-7-14(11-17(16)26-2)27(23,24)20-10-9-18(22)21-15-6-4-3-5-13(15)12-19/h7-8,11,13,15,20H,3-6,9-10,12,19H2,1-2H3,(H,21,22). The van der Waals surface area contributed by atoms with Crippen molar-refractivity contribution in [1.29, 1.82) is 0 Å². The molecule has 2 unspecified atom stereocenters. The van der Waals surface area contributed by atoms with E-state index in [2.05, 4.69) is 10.0 Å². The monoisotopic (exact) mass is 399 g/mol. The maximum absolute atomic E-state index is 12.4. The van der Waals surface area contributed by atoms with Crippen LogP contribution >= 0.6 is 0 Å². The van der Waals surface area contributed by atoms with Crippen molar-refractivity contribution in [2.24, 2.45) is 11.7 Å². The molecule has 0 aliphatic heterocycles. The molecule has 0 bridgehead atoms. The summed E-state index contributed by atoms with van der Waals surface area (Å²) in [7, 11) is -0.835. The van der Waals surface area contributed by atoms with E-state index < -0.39 is 10.0 Å². The topological polar surface area (TPSA) is 120 Å². The van der Waals surface area contributed by atoms with Gasteiger partial charge in [-0.1, -0.05) is 12.8 Å². The molecule has 2 rings (SSSR count). The van der Waals surface area contributed by atoms with Gasteiger partial charge in [0.25, 0.3) is 0 Å². The van der Waals surface area contributed by atoms with E-state index in [1.54, 1.807) is 0 Å². The van der Waals surface area contributed by atoms with Crippen LogP contribution < -0.4 is 25.2 Å². The van der Waals surface area contributed by atoms with Crippen LogP contribution in [0.1, 0.15) is 32.1 Å². The van der Waals surface area contributed by atoms with Gasteiger partial charge in [-0.25, -0.2) is 13.1 Å². The van der Waals surface area contributed by atoms with Crippen molar-refractivity contribution in [2.75, 3.05) is 27.3 Å². The molecule has 0 saturated heterocycles. The Hall–Kier alpha value is -1.84. The first-order valence-electron chi connectivity index (χ1n) is 9.12. The van der Waals surface area contributed by atoms with Crippen molar-refractivity contribution in [3.05, 3.63) is 18.2 Å². The number of rotatable bonds is 9. The van der Waals surface area contributed by atoms with Gasteiger partial charge in [0.05, 0.1) is 19.1 Å². The fourth-order valence-corrected chi connectivity index (χ4v) is 4.37. The lowest BCUT2D eigenvalue weighted by molar-refractivity contribution is -0.122. The normalized spacial score (nSPS) is 20.1. The zero-order valence-electron chi connectivity index (χ0n) is 15.9. The lowest BCUT2D eigenvalue weighted by Crippen LogP contribution is -2.45. The Bertz CT molecular complexity index is 739. The van der Waals surface area contributed by atoms with Gasteiger partial charge in [-0.3, -0.25) is 4.79 Å². The first-order chi connectivity index (χ1) is 12.9. The number of carbonyl (C=O) groups excluding carboxylic acids is 1. The fourth-order valence-electron chi connectivity index (χ4n) is 3.32. The maximum Gasteiger partial charge on any atom is 0.240 e. The molecule has 0 heterocycles. The quantitative estimate of drug-likeness (QED) is 0.570. The number of carbonyl (C=O) groups is 1. The number of hydrogen-bond acceptors (Lipinski definition) is 6.